The number of alkyl halides is 3. The van der Waals surface area contributed by atoms with E-state index in [1.165, 1.54) is 11.2 Å². The molecule has 0 aliphatic heterocycles. The number of carboxylic acids is 1. The Kier molecular flexibility index (Phi) is 3.84. The summed E-state index contributed by atoms with van der Waals surface area (Å²) < 4.78 is 43.1. The van der Waals surface area contributed by atoms with E-state index in [9.17, 15) is 18.0 Å². The van der Waals surface area contributed by atoms with Crippen molar-refractivity contribution in [3.8, 4) is 0 Å². The van der Waals surface area contributed by atoms with Crippen LogP contribution in [0.5, 0.6) is 0 Å². The maximum Gasteiger partial charge on any atom is 0.403 e. The molecule has 0 amide bonds. The van der Waals surface area contributed by atoms with Crippen LogP contribution in [0.4, 0.5) is 13.2 Å². The summed E-state index contributed by atoms with van der Waals surface area (Å²) in [5.74, 6) is -3.65. The number of carboxylic acid groups (broad SMARTS) is 1. The first-order chi connectivity index (χ1) is 8.88. The largest absolute Gasteiger partial charge is 0.481 e. The van der Waals surface area contributed by atoms with Crippen LogP contribution in [-0.4, -0.2) is 34.7 Å². The number of halogens is 3. The molecule has 19 heavy (non-hydrogen) atoms. The summed E-state index contributed by atoms with van der Waals surface area (Å²) in [6, 6.07) is 3.34. The molecule has 106 valence electrons. The van der Waals surface area contributed by atoms with Gasteiger partial charge in [0.1, 0.15) is 5.76 Å². The maximum atomic E-state index is 12.7. The number of hydrogen-bond acceptors (Lipinski definition) is 3. The number of nitrogens with zero attached hydrogens (tertiary/aromatic N) is 1. The number of aliphatic carboxylic acids is 1. The zero-order valence-corrected chi connectivity index (χ0v) is 10.1. The average molecular weight is 277 g/mol. The maximum absolute atomic E-state index is 12.7. The first kappa shape index (κ1) is 13.9. The van der Waals surface area contributed by atoms with Gasteiger partial charge in [-0.15, -0.1) is 0 Å². The lowest BCUT2D eigenvalue weighted by Gasteiger charge is -2.25. The lowest BCUT2D eigenvalue weighted by atomic mass is 10.1. The minimum absolute atomic E-state index is 0.0225. The lowest BCUT2D eigenvalue weighted by molar-refractivity contribution is -0.197. The predicted molar refractivity (Wildman–Crippen MR) is 59.3 cm³/mol. The van der Waals surface area contributed by atoms with Gasteiger partial charge in [-0.3, -0.25) is 9.69 Å². The van der Waals surface area contributed by atoms with Crippen molar-refractivity contribution in [3.63, 3.8) is 0 Å². The van der Waals surface area contributed by atoms with Gasteiger partial charge in [0.25, 0.3) is 0 Å². The van der Waals surface area contributed by atoms with Crippen molar-refractivity contribution in [1.29, 1.82) is 0 Å². The highest BCUT2D eigenvalue weighted by Crippen LogP contribution is 2.33. The predicted octanol–water partition coefficient (Wildman–Crippen LogP) is 2.51. The monoisotopic (exact) mass is 277 g/mol. The van der Waals surface area contributed by atoms with E-state index in [1.54, 1.807) is 12.1 Å². The number of rotatable bonds is 6. The van der Waals surface area contributed by atoms with Gasteiger partial charge in [0.2, 0.25) is 0 Å². The Hall–Kier alpha value is -1.50. The van der Waals surface area contributed by atoms with Crippen LogP contribution in [-0.2, 0) is 11.3 Å². The van der Waals surface area contributed by atoms with Gasteiger partial charge in [-0.1, -0.05) is 0 Å². The zero-order valence-electron chi connectivity index (χ0n) is 10.1. The molecule has 1 saturated carbocycles. The van der Waals surface area contributed by atoms with Crippen molar-refractivity contribution in [2.24, 2.45) is 5.92 Å². The van der Waals surface area contributed by atoms with Crippen molar-refractivity contribution < 1.29 is 27.5 Å². The molecule has 0 radical (unpaired) electrons. The summed E-state index contributed by atoms with van der Waals surface area (Å²) in [5, 5.41) is 8.72. The number of carbonyl (C=O) groups is 1. The Morgan fingerprint density at radius 2 is 2.21 bits per heavy atom. The molecule has 1 heterocycles. The van der Waals surface area contributed by atoms with Crippen molar-refractivity contribution in [3.05, 3.63) is 24.2 Å². The molecule has 0 spiro atoms. The molecule has 1 aliphatic rings. The summed E-state index contributed by atoms with van der Waals surface area (Å²) in [6.45, 7) is -0.332. The Morgan fingerprint density at radius 1 is 1.53 bits per heavy atom. The second-order valence-electron chi connectivity index (χ2n) is 4.67. The summed E-state index contributed by atoms with van der Waals surface area (Å²) in [7, 11) is 0. The molecule has 1 aromatic rings. The van der Waals surface area contributed by atoms with E-state index in [0.717, 1.165) is 12.8 Å². The average Bonchev–Trinajstić information content (AvgIpc) is 3.00. The third-order valence-corrected chi connectivity index (χ3v) is 3.11. The van der Waals surface area contributed by atoms with Crippen LogP contribution in [0.2, 0.25) is 0 Å². The van der Waals surface area contributed by atoms with Gasteiger partial charge < -0.3 is 9.52 Å². The van der Waals surface area contributed by atoms with Crippen LogP contribution in [0.25, 0.3) is 0 Å². The van der Waals surface area contributed by atoms with E-state index >= 15 is 0 Å². The fraction of sp³-hybridized carbons (Fsp3) is 0.583. The molecular weight excluding hydrogens is 263 g/mol. The van der Waals surface area contributed by atoms with E-state index in [2.05, 4.69) is 0 Å². The molecule has 1 atom stereocenters. The van der Waals surface area contributed by atoms with Gasteiger partial charge in [-0.2, -0.15) is 13.2 Å². The molecule has 2 rings (SSSR count). The molecule has 1 aliphatic carbocycles. The second-order valence-corrected chi connectivity index (χ2v) is 4.67. The highest BCUT2D eigenvalue weighted by molar-refractivity contribution is 5.71. The van der Waals surface area contributed by atoms with Crippen molar-refractivity contribution in [2.45, 2.75) is 31.6 Å². The van der Waals surface area contributed by atoms with Crippen LogP contribution in [0.1, 0.15) is 18.6 Å². The van der Waals surface area contributed by atoms with Gasteiger partial charge in [-0.05, 0) is 25.0 Å². The molecule has 1 aromatic heterocycles. The SMILES string of the molecule is O=C(O)C(CN(Cc1ccco1)C1CC1)C(F)(F)F. The van der Waals surface area contributed by atoms with Crippen molar-refractivity contribution in [2.75, 3.05) is 6.54 Å². The van der Waals surface area contributed by atoms with Gasteiger partial charge in [-0.25, -0.2) is 0 Å². The van der Waals surface area contributed by atoms with Crippen LogP contribution >= 0.6 is 0 Å². The highest BCUT2D eigenvalue weighted by atomic mass is 19.4. The van der Waals surface area contributed by atoms with E-state index in [0.29, 0.717) is 5.76 Å². The summed E-state index contributed by atoms with van der Waals surface area (Å²) in [5.41, 5.74) is 0. The van der Waals surface area contributed by atoms with E-state index in [4.69, 9.17) is 9.52 Å². The highest BCUT2D eigenvalue weighted by Gasteiger charge is 2.47. The number of furan rings is 1. The fourth-order valence-electron chi connectivity index (χ4n) is 1.94. The van der Waals surface area contributed by atoms with E-state index in [1.807, 2.05) is 0 Å². The van der Waals surface area contributed by atoms with E-state index < -0.39 is 24.6 Å². The molecule has 1 N–H and O–H groups in total. The third kappa shape index (κ3) is 3.73. The molecule has 0 aromatic carbocycles. The molecule has 4 nitrogen and oxygen atoms in total. The Balaban J connectivity index is 2.05. The lowest BCUT2D eigenvalue weighted by Crippen LogP contribution is -2.41. The minimum Gasteiger partial charge on any atom is -0.481 e. The van der Waals surface area contributed by atoms with Gasteiger partial charge >= 0.3 is 12.1 Å². The smallest absolute Gasteiger partial charge is 0.403 e. The minimum atomic E-state index is -4.73. The molecule has 1 unspecified atom stereocenters. The molecule has 0 bridgehead atoms. The quantitative estimate of drug-likeness (QED) is 0.868. The normalized spacial score (nSPS) is 17.7. The first-order valence-corrected chi connectivity index (χ1v) is 5.94. The Morgan fingerprint density at radius 3 is 2.63 bits per heavy atom. The first-order valence-electron chi connectivity index (χ1n) is 5.94. The topological polar surface area (TPSA) is 53.7 Å². The van der Waals surface area contributed by atoms with Crippen molar-refractivity contribution in [1.82, 2.24) is 4.90 Å². The number of hydrogen-bond donors (Lipinski definition) is 1. The van der Waals surface area contributed by atoms with Crippen LogP contribution in [0.15, 0.2) is 22.8 Å². The van der Waals surface area contributed by atoms with Crippen LogP contribution in [0.3, 0.4) is 0 Å². The Labute approximate surface area is 107 Å². The second kappa shape index (κ2) is 5.24. The molecular formula is C12H14F3NO3. The third-order valence-electron chi connectivity index (χ3n) is 3.11. The molecule has 1 fully saturated rings. The summed E-state index contributed by atoms with van der Waals surface area (Å²) in [6.07, 6.45) is -1.70. The summed E-state index contributed by atoms with van der Waals surface area (Å²) >= 11 is 0. The standard InChI is InChI=1S/C12H14F3NO3/c13-12(14,15)10(11(17)18)7-16(8-3-4-8)6-9-2-1-5-19-9/h1-2,5,8,10H,3-4,6-7H2,(H,17,18). The van der Waals surface area contributed by atoms with Gasteiger partial charge in [0.05, 0.1) is 12.8 Å². The molecule has 7 heteroatoms. The summed E-state index contributed by atoms with van der Waals surface area (Å²) in [4.78, 5) is 12.3. The van der Waals surface area contributed by atoms with Gasteiger partial charge in [0.15, 0.2) is 5.92 Å². The van der Waals surface area contributed by atoms with Crippen LogP contribution in [0, 0.1) is 5.92 Å². The van der Waals surface area contributed by atoms with Crippen LogP contribution < -0.4 is 0 Å². The Bertz CT molecular complexity index is 426. The van der Waals surface area contributed by atoms with Gasteiger partial charge in [0, 0.05) is 12.6 Å². The van der Waals surface area contributed by atoms with Crippen molar-refractivity contribution >= 4 is 5.97 Å². The fourth-order valence-corrected chi connectivity index (χ4v) is 1.94. The van der Waals surface area contributed by atoms with E-state index in [-0.39, 0.29) is 12.6 Å². The molecule has 0 saturated heterocycles. The zero-order chi connectivity index (χ0) is 14.0.